The first-order chi connectivity index (χ1) is 14.0. The zero-order valence-electron chi connectivity index (χ0n) is 15.4. The van der Waals surface area contributed by atoms with Crippen LogP contribution >= 0.6 is 11.3 Å². The molecule has 0 radical (unpaired) electrons. The molecule has 2 heterocycles. The first-order valence-corrected chi connectivity index (χ1v) is 11.2. The second-order valence-electron chi connectivity index (χ2n) is 6.31. The van der Waals surface area contributed by atoms with E-state index in [9.17, 15) is 13.2 Å². The summed E-state index contributed by atoms with van der Waals surface area (Å²) >= 11 is 1.22. The number of anilines is 1. The highest BCUT2D eigenvalue weighted by Crippen LogP contribution is 2.29. The highest BCUT2D eigenvalue weighted by Gasteiger charge is 2.26. The number of carbonyl (C=O) groups excluding carboxylic acids is 1. The van der Waals surface area contributed by atoms with E-state index in [1.54, 1.807) is 24.3 Å². The SMILES string of the molecule is O=C(COc1ccccc1)Nc1nc2ccc(S(=O)(=O)N3CCOCC3)cc2s1. The molecule has 0 saturated carbocycles. The molecule has 1 aliphatic heterocycles. The Morgan fingerprint density at radius 3 is 2.69 bits per heavy atom. The molecule has 1 N–H and O–H groups in total. The summed E-state index contributed by atoms with van der Waals surface area (Å²) in [7, 11) is -3.58. The third-order valence-electron chi connectivity index (χ3n) is 4.33. The maximum Gasteiger partial charge on any atom is 0.264 e. The number of fused-ring (bicyclic) bond motifs is 1. The molecule has 10 heteroatoms. The average molecular weight is 434 g/mol. The first kappa shape index (κ1) is 19.8. The third kappa shape index (κ3) is 4.56. The first-order valence-electron chi connectivity index (χ1n) is 8.98. The fraction of sp³-hybridized carbons (Fsp3) is 0.263. The lowest BCUT2D eigenvalue weighted by Gasteiger charge is -2.25. The van der Waals surface area contributed by atoms with E-state index in [4.69, 9.17) is 9.47 Å². The van der Waals surface area contributed by atoms with E-state index in [0.717, 1.165) is 0 Å². The standard InChI is InChI=1S/C19H19N3O5S2/c23-18(13-27-14-4-2-1-3-5-14)21-19-20-16-7-6-15(12-17(16)28-19)29(24,25)22-8-10-26-11-9-22/h1-7,12H,8-11,13H2,(H,20,21,23). The fourth-order valence-electron chi connectivity index (χ4n) is 2.88. The lowest BCUT2D eigenvalue weighted by atomic mass is 10.3. The largest absolute Gasteiger partial charge is 0.484 e. The normalized spacial score (nSPS) is 15.3. The summed E-state index contributed by atoms with van der Waals surface area (Å²) in [5.74, 6) is 0.263. The zero-order chi connectivity index (χ0) is 20.3. The quantitative estimate of drug-likeness (QED) is 0.641. The summed E-state index contributed by atoms with van der Waals surface area (Å²) in [6.45, 7) is 1.32. The second-order valence-corrected chi connectivity index (χ2v) is 9.28. The van der Waals surface area contributed by atoms with Gasteiger partial charge in [0, 0.05) is 13.1 Å². The van der Waals surface area contributed by atoms with E-state index in [2.05, 4.69) is 10.3 Å². The molecule has 1 aromatic heterocycles. The maximum atomic E-state index is 12.8. The molecule has 29 heavy (non-hydrogen) atoms. The van der Waals surface area contributed by atoms with Gasteiger partial charge in [0.05, 0.1) is 28.3 Å². The predicted molar refractivity (Wildman–Crippen MR) is 110 cm³/mol. The van der Waals surface area contributed by atoms with Crippen LogP contribution in [0.1, 0.15) is 0 Å². The fourth-order valence-corrected chi connectivity index (χ4v) is 5.31. The van der Waals surface area contributed by atoms with Crippen molar-refractivity contribution in [3.63, 3.8) is 0 Å². The van der Waals surface area contributed by atoms with Gasteiger partial charge in [-0.05, 0) is 30.3 Å². The number of amides is 1. The number of para-hydroxylation sites is 1. The number of rotatable bonds is 6. The van der Waals surface area contributed by atoms with Crippen LogP contribution in [0.15, 0.2) is 53.4 Å². The Kier molecular flexibility index (Phi) is 5.76. The summed E-state index contributed by atoms with van der Waals surface area (Å²) in [5.41, 5.74) is 0.621. The molecule has 4 rings (SSSR count). The number of benzene rings is 2. The Hall–Kier alpha value is -2.53. The lowest BCUT2D eigenvalue weighted by molar-refractivity contribution is -0.118. The van der Waals surface area contributed by atoms with Gasteiger partial charge in [-0.2, -0.15) is 4.31 Å². The second kappa shape index (κ2) is 8.46. The Bertz CT molecular complexity index is 1110. The van der Waals surface area contributed by atoms with E-state index < -0.39 is 10.0 Å². The molecular weight excluding hydrogens is 414 g/mol. The Labute approximate surface area is 172 Å². The van der Waals surface area contributed by atoms with E-state index >= 15 is 0 Å². The van der Waals surface area contributed by atoms with Gasteiger partial charge in [-0.25, -0.2) is 13.4 Å². The molecule has 1 fully saturated rings. The van der Waals surface area contributed by atoms with Gasteiger partial charge in [0.25, 0.3) is 5.91 Å². The molecular formula is C19H19N3O5S2. The maximum absolute atomic E-state index is 12.8. The number of nitrogens with one attached hydrogen (secondary N) is 1. The van der Waals surface area contributed by atoms with Gasteiger partial charge in [0.1, 0.15) is 5.75 Å². The summed E-state index contributed by atoms with van der Waals surface area (Å²) < 4.78 is 38.3. The van der Waals surface area contributed by atoms with Crippen LogP contribution in [0, 0.1) is 0 Å². The number of aromatic nitrogens is 1. The molecule has 0 bridgehead atoms. The van der Waals surface area contributed by atoms with Crippen molar-refractivity contribution in [2.45, 2.75) is 4.90 Å². The minimum absolute atomic E-state index is 0.142. The van der Waals surface area contributed by atoms with Gasteiger partial charge in [0.15, 0.2) is 11.7 Å². The molecule has 0 atom stereocenters. The summed E-state index contributed by atoms with van der Waals surface area (Å²) in [6.07, 6.45) is 0. The molecule has 0 aliphatic carbocycles. The highest BCUT2D eigenvalue weighted by atomic mass is 32.2. The van der Waals surface area contributed by atoms with Crippen LogP contribution in [0.4, 0.5) is 5.13 Å². The van der Waals surface area contributed by atoms with E-state index in [-0.39, 0.29) is 17.4 Å². The molecule has 1 amide bonds. The Morgan fingerprint density at radius 1 is 1.17 bits per heavy atom. The number of carbonyl (C=O) groups is 1. The summed E-state index contributed by atoms with van der Waals surface area (Å²) in [6, 6.07) is 13.8. The summed E-state index contributed by atoms with van der Waals surface area (Å²) in [4.78, 5) is 16.7. The van der Waals surface area contributed by atoms with Gasteiger partial charge in [-0.15, -0.1) is 0 Å². The molecule has 0 spiro atoms. The Balaban J connectivity index is 1.46. The third-order valence-corrected chi connectivity index (χ3v) is 7.16. The molecule has 1 aliphatic rings. The Morgan fingerprint density at radius 2 is 1.93 bits per heavy atom. The lowest BCUT2D eigenvalue weighted by Crippen LogP contribution is -2.40. The van der Waals surface area contributed by atoms with Gasteiger partial charge in [0.2, 0.25) is 10.0 Å². The monoisotopic (exact) mass is 433 g/mol. The number of hydrogen-bond acceptors (Lipinski definition) is 7. The minimum Gasteiger partial charge on any atom is -0.484 e. The van der Waals surface area contributed by atoms with Crippen molar-refractivity contribution in [3.8, 4) is 5.75 Å². The van der Waals surface area contributed by atoms with Crippen LogP contribution in [0.2, 0.25) is 0 Å². The van der Waals surface area contributed by atoms with Gasteiger partial charge in [-0.1, -0.05) is 29.5 Å². The minimum atomic E-state index is -3.58. The van der Waals surface area contributed by atoms with Crippen LogP contribution in [0.5, 0.6) is 5.75 Å². The molecule has 8 nitrogen and oxygen atoms in total. The van der Waals surface area contributed by atoms with Crippen molar-refractivity contribution in [2.24, 2.45) is 0 Å². The smallest absolute Gasteiger partial charge is 0.264 e. The van der Waals surface area contributed by atoms with Crippen LogP contribution in [0.3, 0.4) is 0 Å². The van der Waals surface area contributed by atoms with Gasteiger partial charge in [-0.3, -0.25) is 10.1 Å². The molecule has 152 valence electrons. The van der Waals surface area contributed by atoms with Crippen molar-refractivity contribution in [2.75, 3.05) is 38.2 Å². The number of hydrogen-bond donors (Lipinski definition) is 1. The molecule has 1 saturated heterocycles. The van der Waals surface area contributed by atoms with E-state index in [1.165, 1.54) is 21.7 Å². The molecule has 2 aromatic carbocycles. The number of sulfonamides is 1. The van der Waals surface area contributed by atoms with Crippen LogP contribution in [0.25, 0.3) is 10.2 Å². The number of morpholine rings is 1. The van der Waals surface area contributed by atoms with Crippen molar-refractivity contribution in [3.05, 3.63) is 48.5 Å². The van der Waals surface area contributed by atoms with Crippen molar-refractivity contribution >= 4 is 42.6 Å². The summed E-state index contributed by atoms with van der Waals surface area (Å²) in [5, 5.41) is 3.08. The predicted octanol–water partition coefficient (Wildman–Crippen LogP) is 2.33. The molecule has 3 aromatic rings. The average Bonchev–Trinajstić information content (AvgIpc) is 3.15. The number of thiazole rings is 1. The van der Waals surface area contributed by atoms with Crippen molar-refractivity contribution in [1.29, 1.82) is 0 Å². The van der Waals surface area contributed by atoms with Crippen LogP contribution < -0.4 is 10.1 Å². The highest BCUT2D eigenvalue weighted by molar-refractivity contribution is 7.89. The van der Waals surface area contributed by atoms with Crippen LogP contribution in [-0.2, 0) is 19.6 Å². The van der Waals surface area contributed by atoms with Crippen LogP contribution in [-0.4, -0.2) is 56.5 Å². The van der Waals surface area contributed by atoms with E-state index in [0.29, 0.717) is 47.4 Å². The van der Waals surface area contributed by atoms with Gasteiger partial charge >= 0.3 is 0 Å². The van der Waals surface area contributed by atoms with Crippen molar-refractivity contribution in [1.82, 2.24) is 9.29 Å². The zero-order valence-corrected chi connectivity index (χ0v) is 17.0. The number of nitrogens with zero attached hydrogens (tertiary/aromatic N) is 2. The van der Waals surface area contributed by atoms with Gasteiger partial charge < -0.3 is 9.47 Å². The van der Waals surface area contributed by atoms with Crippen molar-refractivity contribution < 1.29 is 22.7 Å². The molecule has 0 unspecified atom stereocenters. The number of ether oxygens (including phenoxy) is 2. The topological polar surface area (TPSA) is 97.8 Å². The van der Waals surface area contributed by atoms with E-state index in [1.807, 2.05) is 18.2 Å².